The molecule has 0 fully saturated rings. The first-order chi connectivity index (χ1) is 10.4. The lowest BCUT2D eigenvalue weighted by molar-refractivity contribution is -0.140. The number of carboxylic acids is 1. The van der Waals surface area contributed by atoms with Crippen LogP contribution in [0, 0.1) is 12.8 Å². The molecule has 5 nitrogen and oxygen atoms in total. The average Bonchev–Trinajstić information content (AvgIpc) is 2.80. The molecule has 0 aliphatic rings. The maximum atomic E-state index is 11.2. The van der Waals surface area contributed by atoms with E-state index in [1.807, 2.05) is 55.9 Å². The molecule has 22 heavy (non-hydrogen) atoms. The van der Waals surface area contributed by atoms with Crippen LogP contribution in [0.25, 0.3) is 5.69 Å². The van der Waals surface area contributed by atoms with Gasteiger partial charge in [-0.05, 0) is 37.1 Å². The fourth-order valence-electron chi connectivity index (χ4n) is 2.22. The summed E-state index contributed by atoms with van der Waals surface area (Å²) in [6.07, 6.45) is 1.94. The van der Waals surface area contributed by atoms with E-state index in [0.29, 0.717) is 6.54 Å². The standard InChI is InChI=1S/C16H20BrN3O2/c1-10(2)15(16(21)22)18-8-12-9-20(19-11(12)3)14-6-4-13(17)5-7-14/h4-7,9-10,15,18H,8H2,1-3H3,(H,21,22)/t15-/m1/s1. The van der Waals surface area contributed by atoms with E-state index in [2.05, 4.69) is 26.3 Å². The van der Waals surface area contributed by atoms with E-state index in [0.717, 1.165) is 21.4 Å². The van der Waals surface area contributed by atoms with Crippen molar-refractivity contribution in [1.29, 1.82) is 0 Å². The van der Waals surface area contributed by atoms with E-state index in [1.54, 1.807) is 0 Å². The van der Waals surface area contributed by atoms with Gasteiger partial charge >= 0.3 is 5.97 Å². The van der Waals surface area contributed by atoms with Crippen LogP contribution < -0.4 is 5.32 Å². The predicted molar refractivity (Wildman–Crippen MR) is 89.1 cm³/mol. The van der Waals surface area contributed by atoms with Crippen LogP contribution in [-0.2, 0) is 11.3 Å². The van der Waals surface area contributed by atoms with Gasteiger partial charge < -0.3 is 5.11 Å². The Morgan fingerprint density at radius 3 is 2.55 bits per heavy atom. The van der Waals surface area contributed by atoms with Crippen molar-refractivity contribution in [2.24, 2.45) is 5.92 Å². The molecule has 1 aromatic carbocycles. The van der Waals surface area contributed by atoms with Gasteiger partial charge in [0.15, 0.2) is 0 Å². The number of aryl methyl sites for hydroxylation is 1. The van der Waals surface area contributed by atoms with Gasteiger partial charge in [0.05, 0.1) is 11.4 Å². The van der Waals surface area contributed by atoms with E-state index in [4.69, 9.17) is 0 Å². The number of nitrogens with zero attached hydrogens (tertiary/aromatic N) is 2. The molecule has 0 saturated carbocycles. The Bertz CT molecular complexity index is 650. The minimum atomic E-state index is -0.826. The van der Waals surface area contributed by atoms with Crippen molar-refractivity contribution in [3.05, 3.63) is 46.2 Å². The Kier molecular flexibility index (Phi) is 5.37. The number of carboxylic acid groups (broad SMARTS) is 1. The zero-order chi connectivity index (χ0) is 16.3. The third-order valence-electron chi connectivity index (χ3n) is 3.54. The van der Waals surface area contributed by atoms with Gasteiger partial charge in [0.1, 0.15) is 6.04 Å². The number of halogens is 1. The van der Waals surface area contributed by atoms with Crippen molar-refractivity contribution in [2.45, 2.75) is 33.4 Å². The molecule has 1 atom stereocenters. The predicted octanol–water partition coefficient (Wildman–Crippen LogP) is 3.14. The summed E-state index contributed by atoms with van der Waals surface area (Å²) >= 11 is 3.41. The van der Waals surface area contributed by atoms with Gasteiger partial charge in [0.2, 0.25) is 0 Å². The van der Waals surface area contributed by atoms with E-state index >= 15 is 0 Å². The van der Waals surface area contributed by atoms with Gasteiger partial charge in [-0.3, -0.25) is 10.1 Å². The number of hydrogen-bond acceptors (Lipinski definition) is 3. The molecule has 0 bridgehead atoms. The van der Waals surface area contributed by atoms with E-state index < -0.39 is 12.0 Å². The van der Waals surface area contributed by atoms with Crippen molar-refractivity contribution in [3.63, 3.8) is 0 Å². The third-order valence-corrected chi connectivity index (χ3v) is 4.07. The molecule has 1 heterocycles. The molecule has 2 N–H and O–H groups in total. The maximum absolute atomic E-state index is 11.2. The highest BCUT2D eigenvalue weighted by Crippen LogP contribution is 2.16. The van der Waals surface area contributed by atoms with Crippen LogP contribution >= 0.6 is 15.9 Å². The van der Waals surface area contributed by atoms with Crippen LogP contribution in [0.4, 0.5) is 0 Å². The summed E-state index contributed by atoms with van der Waals surface area (Å²) in [5, 5.41) is 16.8. The minimum Gasteiger partial charge on any atom is -0.480 e. The number of aromatic nitrogens is 2. The van der Waals surface area contributed by atoms with E-state index in [-0.39, 0.29) is 5.92 Å². The van der Waals surface area contributed by atoms with Crippen LogP contribution in [0.5, 0.6) is 0 Å². The van der Waals surface area contributed by atoms with Gasteiger partial charge in [-0.1, -0.05) is 29.8 Å². The van der Waals surface area contributed by atoms with Gasteiger partial charge in [-0.2, -0.15) is 5.10 Å². The summed E-state index contributed by atoms with van der Waals surface area (Å²) in [6, 6.07) is 7.31. The number of rotatable bonds is 6. The number of carbonyl (C=O) groups is 1. The fraction of sp³-hybridized carbons (Fsp3) is 0.375. The fourth-order valence-corrected chi connectivity index (χ4v) is 2.49. The molecular weight excluding hydrogens is 346 g/mol. The molecule has 0 aliphatic heterocycles. The normalized spacial score (nSPS) is 12.6. The summed E-state index contributed by atoms with van der Waals surface area (Å²) in [7, 11) is 0. The first kappa shape index (κ1) is 16.7. The Balaban J connectivity index is 2.13. The molecule has 118 valence electrons. The number of hydrogen-bond donors (Lipinski definition) is 2. The lowest BCUT2D eigenvalue weighted by Crippen LogP contribution is -2.40. The van der Waals surface area contributed by atoms with Crippen molar-refractivity contribution in [2.75, 3.05) is 0 Å². The molecule has 0 amide bonds. The zero-order valence-corrected chi connectivity index (χ0v) is 14.5. The Labute approximate surface area is 138 Å². The molecular formula is C16H20BrN3O2. The molecule has 2 rings (SSSR count). The zero-order valence-electron chi connectivity index (χ0n) is 12.9. The van der Waals surface area contributed by atoms with Crippen LogP contribution in [0.15, 0.2) is 34.9 Å². The van der Waals surface area contributed by atoms with Crippen LogP contribution in [-0.4, -0.2) is 26.9 Å². The lowest BCUT2D eigenvalue weighted by atomic mass is 10.0. The van der Waals surface area contributed by atoms with Gasteiger partial charge in [0.25, 0.3) is 0 Å². The third kappa shape index (κ3) is 3.96. The molecule has 0 radical (unpaired) electrons. The topological polar surface area (TPSA) is 67.2 Å². The highest BCUT2D eigenvalue weighted by atomic mass is 79.9. The van der Waals surface area contributed by atoms with Gasteiger partial charge in [0, 0.05) is 22.8 Å². The number of benzene rings is 1. The van der Waals surface area contributed by atoms with Gasteiger partial charge in [-0.15, -0.1) is 0 Å². The maximum Gasteiger partial charge on any atom is 0.320 e. The highest BCUT2D eigenvalue weighted by Gasteiger charge is 2.21. The number of aliphatic carboxylic acids is 1. The largest absolute Gasteiger partial charge is 0.480 e. The number of nitrogens with one attached hydrogen (secondary N) is 1. The average molecular weight is 366 g/mol. The second-order valence-corrected chi connectivity index (χ2v) is 6.52. The molecule has 0 saturated heterocycles. The molecule has 0 unspecified atom stereocenters. The minimum absolute atomic E-state index is 0.0272. The van der Waals surface area contributed by atoms with Gasteiger partial charge in [-0.25, -0.2) is 4.68 Å². The Morgan fingerprint density at radius 1 is 1.36 bits per heavy atom. The monoisotopic (exact) mass is 365 g/mol. The van der Waals surface area contributed by atoms with Crippen molar-refractivity contribution >= 4 is 21.9 Å². The summed E-state index contributed by atoms with van der Waals surface area (Å²) in [5.41, 5.74) is 2.86. The molecule has 6 heteroatoms. The molecule has 0 aliphatic carbocycles. The van der Waals surface area contributed by atoms with Crippen molar-refractivity contribution in [3.8, 4) is 5.69 Å². The van der Waals surface area contributed by atoms with E-state index in [9.17, 15) is 9.90 Å². The summed E-state index contributed by atoms with van der Waals surface area (Å²) in [4.78, 5) is 11.2. The summed E-state index contributed by atoms with van der Waals surface area (Å²) in [5.74, 6) is -0.799. The SMILES string of the molecule is Cc1nn(-c2ccc(Br)cc2)cc1CN[C@@H](C(=O)O)C(C)C. The van der Waals surface area contributed by atoms with Crippen molar-refractivity contribution in [1.82, 2.24) is 15.1 Å². The first-order valence-corrected chi connectivity index (χ1v) is 7.95. The quantitative estimate of drug-likeness (QED) is 0.824. The van der Waals surface area contributed by atoms with E-state index in [1.165, 1.54) is 0 Å². The molecule has 2 aromatic rings. The Hall–Kier alpha value is -1.66. The summed E-state index contributed by atoms with van der Waals surface area (Å²) < 4.78 is 2.83. The summed E-state index contributed by atoms with van der Waals surface area (Å²) in [6.45, 7) is 6.20. The molecule has 1 aromatic heterocycles. The van der Waals surface area contributed by atoms with Crippen LogP contribution in [0.2, 0.25) is 0 Å². The van der Waals surface area contributed by atoms with Crippen LogP contribution in [0.1, 0.15) is 25.1 Å². The Morgan fingerprint density at radius 2 is 2.00 bits per heavy atom. The second kappa shape index (κ2) is 7.07. The second-order valence-electron chi connectivity index (χ2n) is 5.60. The lowest BCUT2D eigenvalue weighted by Gasteiger charge is -2.17. The van der Waals surface area contributed by atoms with Crippen LogP contribution in [0.3, 0.4) is 0 Å². The first-order valence-electron chi connectivity index (χ1n) is 7.15. The highest BCUT2D eigenvalue weighted by molar-refractivity contribution is 9.10. The van der Waals surface area contributed by atoms with Crippen molar-refractivity contribution < 1.29 is 9.90 Å². The molecule has 0 spiro atoms. The smallest absolute Gasteiger partial charge is 0.320 e.